The van der Waals surface area contributed by atoms with Gasteiger partial charge in [-0.15, -0.1) is 0 Å². The normalized spacial score (nSPS) is 25.7. The van der Waals surface area contributed by atoms with Crippen molar-refractivity contribution in [2.45, 2.75) is 31.0 Å². The number of primary amides is 1. The van der Waals surface area contributed by atoms with E-state index in [0.717, 1.165) is 11.1 Å². The first-order valence-electron chi connectivity index (χ1n) is 13.3. The highest BCUT2D eigenvalue weighted by Crippen LogP contribution is 2.53. The number of allylic oxidation sites excluding steroid dienone is 1. The van der Waals surface area contributed by atoms with Gasteiger partial charge in [0, 0.05) is 24.6 Å². The SMILES string of the molecule is CN(C)C1C(O)=C(C(N)=O)C(=O)[C@@]2(O)C(O)=C3C(=O)c4c(O)ccc(-c5ccc(CNCCF)cc5)c4C[C@@H]3C[C@@H]12. The molecule has 0 saturated heterocycles. The van der Waals surface area contributed by atoms with E-state index >= 15 is 0 Å². The fraction of sp³-hybridized carbons (Fsp3) is 0.367. The molecule has 3 aliphatic carbocycles. The fourth-order valence-electron chi connectivity index (χ4n) is 6.62. The predicted molar refractivity (Wildman–Crippen MR) is 147 cm³/mol. The molecule has 0 saturated carbocycles. The molecule has 7 N–H and O–H groups in total. The first kappa shape index (κ1) is 28.5. The monoisotopic (exact) mass is 565 g/mol. The number of aliphatic hydroxyl groups is 3. The molecule has 2 aromatic carbocycles. The van der Waals surface area contributed by atoms with Crippen molar-refractivity contribution in [3.05, 3.63) is 75.8 Å². The van der Waals surface area contributed by atoms with Gasteiger partial charge in [-0.05, 0) is 61.2 Å². The van der Waals surface area contributed by atoms with Crippen LogP contribution in [0.2, 0.25) is 0 Å². The van der Waals surface area contributed by atoms with E-state index in [2.05, 4.69) is 5.32 Å². The Morgan fingerprint density at radius 3 is 2.41 bits per heavy atom. The lowest BCUT2D eigenvalue weighted by Gasteiger charge is -2.50. The van der Waals surface area contributed by atoms with E-state index in [-0.39, 0.29) is 36.3 Å². The third-order valence-corrected chi connectivity index (χ3v) is 8.47. The van der Waals surface area contributed by atoms with Gasteiger partial charge in [0.05, 0.1) is 11.6 Å². The van der Waals surface area contributed by atoms with Gasteiger partial charge in [0.15, 0.2) is 11.4 Å². The number of likely N-dealkylation sites (N-methyl/N-ethyl adjacent to an activating group) is 1. The van der Waals surface area contributed by atoms with Gasteiger partial charge in [0.1, 0.15) is 29.5 Å². The second-order valence-electron chi connectivity index (χ2n) is 11.0. The van der Waals surface area contributed by atoms with Crippen molar-refractivity contribution in [3.63, 3.8) is 0 Å². The molecule has 0 bridgehead atoms. The highest BCUT2D eigenvalue weighted by molar-refractivity contribution is 6.24. The number of aliphatic hydroxyl groups excluding tert-OH is 2. The zero-order valence-electron chi connectivity index (χ0n) is 22.6. The van der Waals surface area contributed by atoms with E-state index in [0.29, 0.717) is 17.7 Å². The van der Waals surface area contributed by atoms with Crippen molar-refractivity contribution in [1.82, 2.24) is 10.2 Å². The average Bonchev–Trinajstić information content (AvgIpc) is 2.91. The van der Waals surface area contributed by atoms with E-state index in [1.54, 1.807) is 20.2 Å². The Morgan fingerprint density at radius 1 is 1.12 bits per heavy atom. The zero-order valence-corrected chi connectivity index (χ0v) is 22.6. The van der Waals surface area contributed by atoms with Gasteiger partial charge in [-0.25, -0.2) is 4.39 Å². The molecule has 0 radical (unpaired) electrons. The number of nitrogens with one attached hydrogen (secondary N) is 1. The molecule has 3 aliphatic rings. The van der Waals surface area contributed by atoms with E-state index in [9.17, 15) is 39.2 Å². The number of phenols is 1. The van der Waals surface area contributed by atoms with Crippen LogP contribution in [0.1, 0.15) is 27.9 Å². The molecule has 1 amide bonds. The number of phenolic OH excluding ortho intramolecular Hbond substituents is 1. The zero-order chi connectivity index (χ0) is 29.8. The minimum atomic E-state index is -2.68. The third-order valence-electron chi connectivity index (χ3n) is 8.47. The number of nitrogens with zero attached hydrogens (tertiary/aromatic N) is 1. The number of benzene rings is 2. The summed E-state index contributed by atoms with van der Waals surface area (Å²) in [6, 6.07) is 9.51. The molecule has 0 heterocycles. The minimum Gasteiger partial charge on any atom is -0.510 e. The molecule has 0 fully saturated rings. The summed E-state index contributed by atoms with van der Waals surface area (Å²) in [5.74, 6) is -6.85. The number of rotatable bonds is 7. The van der Waals surface area contributed by atoms with Gasteiger partial charge < -0.3 is 31.5 Å². The van der Waals surface area contributed by atoms with Gasteiger partial charge in [-0.3, -0.25) is 19.3 Å². The van der Waals surface area contributed by atoms with Gasteiger partial charge >= 0.3 is 0 Å². The van der Waals surface area contributed by atoms with Crippen molar-refractivity contribution in [1.29, 1.82) is 0 Å². The molecule has 5 rings (SSSR count). The number of nitrogens with two attached hydrogens (primary N) is 1. The van der Waals surface area contributed by atoms with Crippen LogP contribution >= 0.6 is 0 Å². The summed E-state index contributed by atoms with van der Waals surface area (Å²) in [4.78, 5) is 40.9. The van der Waals surface area contributed by atoms with Crippen LogP contribution in [0.4, 0.5) is 4.39 Å². The number of aromatic hydroxyl groups is 1. The summed E-state index contributed by atoms with van der Waals surface area (Å²) >= 11 is 0. The highest BCUT2D eigenvalue weighted by atomic mass is 19.1. The van der Waals surface area contributed by atoms with Gasteiger partial charge in [0.25, 0.3) is 5.91 Å². The van der Waals surface area contributed by atoms with Crippen LogP contribution in [-0.4, -0.2) is 81.8 Å². The number of halogens is 1. The molecule has 10 nitrogen and oxygen atoms in total. The number of hydrogen-bond acceptors (Lipinski definition) is 9. The molecule has 11 heteroatoms. The molecule has 2 aromatic rings. The first-order valence-corrected chi connectivity index (χ1v) is 13.3. The highest BCUT2D eigenvalue weighted by Gasteiger charge is 2.63. The molecule has 216 valence electrons. The summed E-state index contributed by atoms with van der Waals surface area (Å²) in [7, 11) is 3.17. The maximum absolute atomic E-state index is 13.9. The quantitative estimate of drug-likeness (QED) is 0.216. The number of ketones is 2. The van der Waals surface area contributed by atoms with Crippen LogP contribution in [-0.2, 0) is 22.6 Å². The number of carbonyl (C=O) groups excluding carboxylic acids is 3. The van der Waals surface area contributed by atoms with Crippen molar-refractivity contribution >= 4 is 17.5 Å². The summed E-state index contributed by atoms with van der Waals surface area (Å²) < 4.78 is 12.4. The molecule has 4 atom stereocenters. The second kappa shape index (κ2) is 10.4. The maximum atomic E-state index is 13.9. The van der Waals surface area contributed by atoms with Crippen molar-refractivity contribution < 1.29 is 39.2 Å². The average molecular weight is 566 g/mol. The minimum absolute atomic E-state index is 0.0139. The van der Waals surface area contributed by atoms with Crippen LogP contribution in [0.15, 0.2) is 59.1 Å². The Kier molecular flexibility index (Phi) is 7.22. The lowest BCUT2D eigenvalue weighted by molar-refractivity contribution is -0.148. The van der Waals surface area contributed by atoms with Gasteiger partial charge in [-0.2, -0.15) is 0 Å². The van der Waals surface area contributed by atoms with Crippen LogP contribution in [0.3, 0.4) is 0 Å². The van der Waals surface area contributed by atoms with Crippen molar-refractivity contribution in [2.75, 3.05) is 27.3 Å². The molecule has 0 aromatic heterocycles. The lowest BCUT2D eigenvalue weighted by Crippen LogP contribution is -2.63. The molecule has 0 aliphatic heterocycles. The topological polar surface area (TPSA) is 173 Å². The second-order valence-corrected chi connectivity index (χ2v) is 11.0. The Labute approximate surface area is 235 Å². The third kappa shape index (κ3) is 4.32. The fourth-order valence-corrected chi connectivity index (χ4v) is 6.62. The number of amides is 1. The lowest BCUT2D eigenvalue weighted by atomic mass is 9.58. The Hall–Kier alpha value is -4.06. The maximum Gasteiger partial charge on any atom is 0.255 e. The van der Waals surface area contributed by atoms with Crippen LogP contribution in [0.5, 0.6) is 5.75 Å². The van der Waals surface area contributed by atoms with Gasteiger partial charge in [-0.1, -0.05) is 30.3 Å². The van der Waals surface area contributed by atoms with Crippen molar-refractivity contribution in [3.8, 4) is 16.9 Å². The van der Waals surface area contributed by atoms with E-state index in [1.807, 2.05) is 24.3 Å². The standard InChI is InChI=1S/C30H32FN3O7/c1-34(2)24-19-12-16-11-18-17(15-5-3-14(4-6-15)13-33-10-9-31)7-8-20(35)22(18)25(36)21(16)27(38)30(19,41)28(39)23(26(24)37)29(32)40/h3-8,16,19,24,33,35,37-38,41H,9-13H2,1-2H3,(H2,32,40)/t16-,19+,24?,30+/m1/s1. The molecule has 41 heavy (non-hydrogen) atoms. The van der Waals surface area contributed by atoms with E-state index < -0.39 is 64.7 Å². The summed E-state index contributed by atoms with van der Waals surface area (Å²) in [5, 5.41) is 47.8. The first-order chi connectivity index (χ1) is 19.4. The van der Waals surface area contributed by atoms with Crippen LogP contribution in [0.25, 0.3) is 11.1 Å². The summed E-state index contributed by atoms with van der Waals surface area (Å²) in [6.45, 7) is 0.261. The van der Waals surface area contributed by atoms with E-state index in [4.69, 9.17) is 5.73 Å². The Morgan fingerprint density at radius 2 is 1.80 bits per heavy atom. The summed E-state index contributed by atoms with van der Waals surface area (Å²) in [5.41, 5.74) is 4.56. The summed E-state index contributed by atoms with van der Waals surface area (Å²) in [6.07, 6.45) is 0.206. The van der Waals surface area contributed by atoms with Gasteiger partial charge in [0.2, 0.25) is 5.78 Å². The largest absolute Gasteiger partial charge is 0.510 e. The molecular weight excluding hydrogens is 533 g/mol. The number of Topliss-reactive ketones (excluding diaryl/α,β-unsaturated/α-hetero) is 2. The Balaban J connectivity index is 1.61. The number of carbonyl (C=O) groups is 3. The van der Waals surface area contributed by atoms with Crippen LogP contribution in [0, 0.1) is 11.8 Å². The Bertz CT molecular complexity index is 1510. The van der Waals surface area contributed by atoms with Crippen molar-refractivity contribution in [2.24, 2.45) is 17.6 Å². The number of fused-ring (bicyclic) bond motifs is 3. The van der Waals surface area contributed by atoms with E-state index in [1.165, 1.54) is 11.0 Å². The predicted octanol–water partition coefficient (Wildman–Crippen LogP) is 1.85. The number of hydrogen-bond donors (Lipinski definition) is 6. The molecule has 1 unspecified atom stereocenters. The molecule has 0 spiro atoms. The molecular formula is C30H32FN3O7. The smallest absolute Gasteiger partial charge is 0.255 e. The number of alkyl halides is 1. The van der Waals surface area contributed by atoms with Crippen LogP contribution < -0.4 is 11.1 Å².